The Kier molecular flexibility index (Phi) is 5.67. The predicted octanol–water partition coefficient (Wildman–Crippen LogP) is 4.32. The van der Waals surface area contributed by atoms with E-state index in [0.29, 0.717) is 6.42 Å². The molecule has 0 saturated heterocycles. The molecule has 0 aliphatic carbocycles. The highest BCUT2D eigenvalue weighted by atomic mass is 16.5. The van der Waals surface area contributed by atoms with E-state index in [1.165, 1.54) is 7.11 Å². The molecule has 0 amide bonds. The van der Waals surface area contributed by atoms with Crippen molar-refractivity contribution in [2.75, 3.05) is 26.1 Å². The lowest BCUT2D eigenvalue weighted by Crippen LogP contribution is -2.15. The van der Waals surface area contributed by atoms with Crippen LogP contribution in [-0.2, 0) is 22.4 Å². The summed E-state index contributed by atoms with van der Waals surface area (Å²) in [6, 6.07) is 20.2. The third-order valence-corrected chi connectivity index (χ3v) is 5.85. The van der Waals surface area contributed by atoms with Crippen molar-refractivity contribution in [3.05, 3.63) is 89.9 Å². The molecule has 0 saturated carbocycles. The maximum absolute atomic E-state index is 11.5. The van der Waals surface area contributed by atoms with E-state index in [0.717, 1.165) is 50.3 Å². The zero-order chi connectivity index (χ0) is 23.7. The number of pyridine rings is 1. The molecule has 34 heavy (non-hydrogen) atoms. The second-order valence-electron chi connectivity index (χ2n) is 8.46. The van der Waals surface area contributed by atoms with Crippen LogP contribution in [0.25, 0.3) is 27.7 Å². The van der Waals surface area contributed by atoms with Crippen molar-refractivity contribution in [3.8, 4) is 11.1 Å². The van der Waals surface area contributed by atoms with Gasteiger partial charge in [0.2, 0.25) is 0 Å². The zero-order valence-electron chi connectivity index (χ0n) is 19.4. The number of hydrogen-bond donors (Lipinski definition) is 0. The molecule has 3 heterocycles. The minimum absolute atomic E-state index is 0.244. The molecule has 0 radical (unpaired) electrons. The van der Waals surface area contributed by atoms with Crippen LogP contribution in [0.2, 0.25) is 0 Å². The van der Waals surface area contributed by atoms with Gasteiger partial charge in [0.05, 0.1) is 30.9 Å². The first-order valence-corrected chi connectivity index (χ1v) is 11.1. The van der Waals surface area contributed by atoms with Crippen LogP contribution < -0.4 is 4.90 Å². The average molecular weight is 452 g/mol. The number of carbonyl (C=O) groups excluding carboxylic acids is 1. The van der Waals surface area contributed by atoms with Gasteiger partial charge >= 0.3 is 5.97 Å². The summed E-state index contributed by atoms with van der Waals surface area (Å²) < 4.78 is 6.62. The van der Waals surface area contributed by atoms with Crippen molar-refractivity contribution < 1.29 is 9.53 Å². The Morgan fingerprint density at radius 1 is 1.00 bits per heavy atom. The first-order valence-electron chi connectivity index (χ1n) is 11.1. The molecule has 0 N–H and O–H groups in total. The summed E-state index contributed by atoms with van der Waals surface area (Å²) in [4.78, 5) is 23.2. The second-order valence-corrected chi connectivity index (χ2v) is 8.46. The van der Waals surface area contributed by atoms with Crippen LogP contribution in [0.1, 0.15) is 16.8 Å². The topological polar surface area (TPSA) is 72.6 Å². The number of carbonyl (C=O) groups is 1. The van der Waals surface area contributed by atoms with Crippen LogP contribution in [0.5, 0.6) is 0 Å². The number of anilines is 1. The molecule has 5 aromatic rings. The summed E-state index contributed by atoms with van der Waals surface area (Å²) in [7, 11) is 5.40. The molecule has 0 spiro atoms. The van der Waals surface area contributed by atoms with Gasteiger partial charge in [-0.05, 0) is 23.3 Å². The van der Waals surface area contributed by atoms with Crippen LogP contribution in [0, 0.1) is 0 Å². The van der Waals surface area contributed by atoms with Gasteiger partial charge in [-0.3, -0.25) is 9.78 Å². The number of methoxy groups -OCH3 is 1. The molecule has 5 rings (SSSR count). The second kappa shape index (κ2) is 8.94. The Bertz CT molecular complexity index is 1490. The van der Waals surface area contributed by atoms with Gasteiger partial charge in [-0.25, -0.2) is 4.98 Å². The lowest BCUT2D eigenvalue weighted by molar-refractivity contribution is -0.139. The third kappa shape index (κ3) is 4.20. The smallest absolute Gasteiger partial charge is 0.309 e. The average Bonchev–Trinajstić information content (AvgIpc) is 3.28. The van der Waals surface area contributed by atoms with E-state index in [-0.39, 0.29) is 12.4 Å². The Morgan fingerprint density at radius 3 is 2.53 bits per heavy atom. The van der Waals surface area contributed by atoms with Gasteiger partial charge < -0.3 is 9.64 Å². The molecular weight excluding hydrogens is 426 g/mol. The van der Waals surface area contributed by atoms with E-state index in [1.807, 2.05) is 78.4 Å². The van der Waals surface area contributed by atoms with E-state index in [4.69, 9.17) is 9.72 Å². The van der Waals surface area contributed by atoms with Crippen LogP contribution in [0.15, 0.2) is 73.1 Å². The molecule has 0 atom stereocenters. The number of hydrogen-bond acceptors (Lipinski definition) is 6. The molecule has 3 aromatic heterocycles. The van der Waals surface area contributed by atoms with Gasteiger partial charge in [0, 0.05) is 49.3 Å². The number of rotatable bonds is 6. The Hall–Kier alpha value is -4.26. The molecule has 0 aliphatic heterocycles. The fourth-order valence-corrected chi connectivity index (χ4v) is 4.05. The fourth-order valence-electron chi connectivity index (χ4n) is 4.05. The minimum Gasteiger partial charge on any atom is -0.469 e. The number of benzene rings is 2. The van der Waals surface area contributed by atoms with Crippen molar-refractivity contribution in [2.24, 2.45) is 0 Å². The van der Waals surface area contributed by atoms with Crippen molar-refractivity contribution in [3.63, 3.8) is 0 Å². The maximum Gasteiger partial charge on any atom is 0.309 e. The quantitative estimate of drug-likeness (QED) is 0.358. The Labute approximate surface area is 197 Å². The van der Waals surface area contributed by atoms with Crippen molar-refractivity contribution in [2.45, 2.75) is 12.8 Å². The summed E-state index contributed by atoms with van der Waals surface area (Å²) >= 11 is 0. The number of para-hydroxylation sites is 1. The molecule has 2 aromatic carbocycles. The highest BCUT2D eigenvalue weighted by Gasteiger charge is 2.15. The molecular formula is C27H25N5O2. The summed E-state index contributed by atoms with van der Waals surface area (Å²) in [6.45, 7) is 0. The normalized spacial score (nSPS) is 11.1. The van der Waals surface area contributed by atoms with Gasteiger partial charge in [0.1, 0.15) is 5.82 Å². The van der Waals surface area contributed by atoms with Gasteiger partial charge in [-0.2, -0.15) is 9.61 Å². The summed E-state index contributed by atoms with van der Waals surface area (Å²) in [5, 5.41) is 5.71. The summed E-state index contributed by atoms with van der Waals surface area (Å²) in [5.74, 6) is 0.703. The first kappa shape index (κ1) is 21.6. The monoisotopic (exact) mass is 451 g/mol. The SMILES string of the molecule is COC(=O)Cc1ccc(Cc2cc(N(C)C)n3ncc(-c4cnc5ccccc5c4)c3n2)cc1. The lowest BCUT2D eigenvalue weighted by atomic mass is 10.1. The minimum atomic E-state index is -0.244. The number of nitrogens with zero attached hydrogens (tertiary/aromatic N) is 5. The molecule has 0 aliphatic rings. The van der Waals surface area contributed by atoms with Gasteiger partial charge in [-0.1, -0.05) is 42.5 Å². The van der Waals surface area contributed by atoms with E-state index in [2.05, 4.69) is 28.3 Å². The number of esters is 1. The fraction of sp³-hybridized carbons (Fsp3) is 0.185. The molecule has 170 valence electrons. The maximum atomic E-state index is 11.5. The van der Waals surface area contributed by atoms with E-state index in [9.17, 15) is 4.79 Å². The van der Waals surface area contributed by atoms with E-state index < -0.39 is 0 Å². The summed E-state index contributed by atoms with van der Waals surface area (Å²) in [5.41, 5.74) is 6.65. The highest BCUT2D eigenvalue weighted by molar-refractivity contribution is 5.87. The van der Waals surface area contributed by atoms with Crippen molar-refractivity contribution in [1.29, 1.82) is 0 Å². The molecule has 0 fully saturated rings. The highest BCUT2D eigenvalue weighted by Crippen LogP contribution is 2.28. The predicted molar refractivity (Wildman–Crippen MR) is 133 cm³/mol. The standard InChI is InChI=1S/C27H25N5O2/c1-31(2)25-15-22(12-18-8-10-19(11-9-18)13-26(33)34-3)30-27-23(17-29-32(25)27)21-14-20-6-4-5-7-24(20)28-16-21/h4-11,14-17H,12-13H2,1-3H3. The zero-order valence-corrected chi connectivity index (χ0v) is 19.4. The van der Waals surface area contributed by atoms with Crippen LogP contribution >= 0.6 is 0 Å². The lowest BCUT2D eigenvalue weighted by Gasteiger charge is -2.16. The molecule has 7 nitrogen and oxygen atoms in total. The van der Waals surface area contributed by atoms with Crippen LogP contribution in [-0.4, -0.2) is 46.8 Å². The van der Waals surface area contributed by atoms with Gasteiger partial charge in [0.15, 0.2) is 5.65 Å². The van der Waals surface area contributed by atoms with E-state index >= 15 is 0 Å². The molecule has 0 bridgehead atoms. The Balaban J connectivity index is 1.53. The van der Waals surface area contributed by atoms with Crippen molar-refractivity contribution in [1.82, 2.24) is 19.6 Å². The molecule has 7 heteroatoms. The van der Waals surface area contributed by atoms with Gasteiger partial charge in [0.25, 0.3) is 0 Å². The van der Waals surface area contributed by atoms with Crippen LogP contribution in [0.4, 0.5) is 5.82 Å². The van der Waals surface area contributed by atoms with Crippen LogP contribution in [0.3, 0.4) is 0 Å². The van der Waals surface area contributed by atoms with Gasteiger partial charge in [-0.15, -0.1) is 0 Å². The number of aromatic nitrogens is 4. The number of ether oxygens (including phenoxy) is 1. The largest absolute Gasteiger partial charge is 0.469 e. The van der Waals surface area contributed by atoms with Crippen molar-refractivity contribution >= 4 is 28.3 Å². The number of fused-ring (bicyclic) bond motifs is 2. The third-order valence-electron chi connectivity index (χ3n) is 5.85. The summed E-state index contributed by atoms with van der Waals surface area (Å²) in [6.07, 6.45) is 4.66. The Morgan fingerprint density at radius 2 is 1.76 bits per heavy atom. The first-order chi connectivity index (χ1) is 16.5. The molecule has 0 unspecified atom stereocenters. The van der Waals surface area contributed by atoms with E-state index in [1.54, 1.807) is 0 Å².